The van der Waals surface area contributed by atoms with Crippen LogP contribution in [0.3, 0.4) is 0 Å². The first-order chi connectivity index (χ1) is 10.0. The normalized spacial score (nSPS) is 24.6. The van der Waals surface area contributed by atoms with Gasteiger partial charge in [-0.3, -0.25) is 4.98 Å². The van der Waals surface area contributed by atoms with Crippen LogP contribution in [0.1, 0.15) is 45.6 Å². The minimum atomic E-state index is 0.428. The zero-order valence-corrected chi connectivity index (χ0v) is 14.1. The highest BCUT2D eigenvalue weighted by molar-refractivity contribution is 5.09. The molecule has 1 saturated carbocycles. The van der Waals surface area contributed by atoms with Crippen LogP contribution < -0.4 is 5.32 Å². The summed E-state index contributed by atoms with van der Waals surface area (Å²) in [5.41, 5.74) is 1.78. The average molecular weight is 289 g/mol. The van der Waals surface area contributed by atoms with E-state index < -0.39 is 0 Å². The predicted molar refractivity (Wildman–Crippen MR) is 89.2 cm³/mol. The van der Waals surface area contributed by atoms with Crippen LogP contribution in [-0.2, 0) is 6.54 Å². The first kappa shape index (κ1) is 16.4. The van der Waals surface area contributed by atoms with Gasteiger partial charge < -0.3 is 10.2 Å². The molecule has 1 aromatic heterocycles. The smallest absolute Gasteiger partial charge is 0.0271 e. The molecule has 1 N–H and O–H groups in total. The third kappa shape index (κ3) is 4.52. The number of rotatable bonds is 7. The Bertz CT molecular complexity index is 416. The summed E-state index contributed by atoms with van der Waals surface area (Å²) in [6.45, 7) is 10.4. The molecular formula is C18H31N3. The highest BCUT2D eigenvalue weighted by Crippen LogP contribution is 2.41. The Morgan fingerprint density at radius 2 is 2.05 bits per heavy atom. The van der Waals surface area contributed by atoms with E-state index in [0.717, 1.165) is 19.0 Å². The second kappa shape index (κ2) is 7.37. The summed E-state index contributed by atoms with van der Waals surface area (Å²) in [6, 6.07) is 4.88. The number of nitrogens with one attached hydrogen (secondary N) is 1. The monoisotopic (exact) mass is 289 g/mol. The second-order valence-corrected chi connectivity index (χ2v) is 7.27. The molecule has 0 bridgehead atoms. The quantitative estimate of drug-likeness (QED) is 0.834. The van der Waals surface area contributed by atoms with Crippen molar-refractivity contribution >= 4 is 0 Å². The second-order valence-electron chi connectivity index (χ2n) is 7.27. The molecule has 21 heavy (non-hydrogen) atoms. The van der Waals surface area contributed by atoms with Crippen molar-refractivity contribution in [2.45, 2.75) is 52.6 Å². The van der Waals surface area contributed by atoms with Crippen molar-refractivity contribution in [1.29, 1.82) is 0 Å². The number of aromatic nitrogens is 1. The van der Waals surface area contributed by atoms with E-state index >= 15 is 0 Å². The molecule has 0 spiro atoms. The number of hydrogen-bond donors (Lipinski definition) is 1. The first-order valence-electron chi connectivity index (χ1n) is 8.34. The van der Waals surface area contributed by atoms with Crippen LogP contribution >= 0.6 is 0 Å². The van der Waals surface area contributed by atoms with Gasteiger partial charge in [-0.2, -0.15) is 0 Å². The van der Waals surface area contributed by atoms with Crippen molar-refractivity contribution in [3.63, 3.8) is 0 Å². The van der Waals surface area contributed by atoms with Crippen molar-refractivity contribution in [3.05, 3.63) is 30.1 Å². The Hall–Kier alpha value is -0.930. The highest BCUT2D eigenvalue weighted by Gasteiger charge is 2.41. The summed E-state index contributed by atoms with van der Waals surface area (Å²) in [7, 11) is 2.24. The van der Waals surface area contributed by atoms with Gasteiger partial charge in [-0.25, -0.2) is 0 Å². The largest absolute Gasteiger partial charge is 0.313 e. The molecule has 118 valence electrons. The molecule has 0 amide bonds. The van der Waals surface area contributed by atoms with E-state index in [1.165, 1.54) is 31.4 Å². The molecule has 1 aliphatic rings. The lowest BCUT2D eigenvalue weighted by atomic mass is 9.84. The molecule has 0 radical (unpaired) electrons. The third-order valence-corrected chi connectivity index (χ3v) is 4.84. The Morgan fingerprint density at radius 1 is 1.33 bits per heavy atom. The molecule has 2 rings (SSSR count). The summed E-state index contributed by atoms with van der Waals surface area (Å²) in [6.07, 6.45) is 7.66. The summed E-state index contributed by atoms with van der Waals surface area (Å²) >= 11 is 0. The fourth-order valence-corrected chi connectivity index (χ4v) is 3.72. The van der Waals surface area contributed by atoms with Crippen LogP contribution in [0.2, 0.25) is 0 Å². The fraction of sp³-hybridized carbons (Fsp3) is 0.722. The Labute approximate surface area is 130 Å². The van der Waals surface area contributed by atoms with E-state index in [4.69, 9.17) is 0 Å². The van der Waals surface area contributed by atoms with Crippen molar-refractivity contribution < 1.29 is 0 Å². The predicted octanol–water partition coefficient (Wildman–Crippen LogP) is 3.32. The Kier molecular flexibility index (Phi) is 5.77. The van der Waals surface area contributed by atoms with Gasteiger partial charge in [-0.15, -0.1) is 0 Å². The molecule has 0 aliphatic heterocycles. The maximum atomic E-state index is 4.09. The van der Waals surface area contributed by atoms with Gasteiger partial charge in [0.2, 0.25) is 0 Å². The Balaban J connectivity index is 1.91. The van der Waals surface area contributed by atoms with Gasteiger partial charge in [-0.05, 0) is 61.9 Å². The lowest BCUT2D eigenvalue weighted by Gasteiger charge is -2.33. The van der Waals surface area contributed by atoms with Gasteiger partial charge in [-0.1, -0.05) is 20.8 Å². The van der Waals surface area contributed by atoms with Crippen LogP contribution in [0.5, 0.6) is 0 Å². The van der Waals surface area contributed by atoms with Crippen LogP contribution in [-0.4, -0.2) is 36.1 Å². The minimum absolute atomic E-state index is 0.428. The van der Waals surface area contributed by atoms with Crippen molar-refractivity contribution in [1.82, 2.24) is 15.2 Å². The minimum Gasteiger partial charge on any atom is -0.313 e. The molecule has 1 fully saturated rings. The number of nitrogens with zero attached hydrogens (tertiary/aromatic N) is 2. The van der Waals surface area contributed by atoms with Crippen LogP contribution in [0, 0.1) is 11.3 Å². The molecule has 1 heterocycles. The van der Waals surface area contributed by atoms with Gasteiger partial charge in [0.25, 0.3) is 0 Å². The maximum Gasteiger partial charge on any atom is 0.0271 e. The summed E-state index contributed by atoms with van der Waals surface area (Å²) < 4.78 is 0. The van der Waals surface area contributed by atoms with Gasteiger partial charge in [0, 0.05) is 31.5 Å². The van der Waals surface area contributed by atoms with E-state index in [0.29, 0.717) is 11.5 Å². The molecule has 0 saturated heterocycles. The highest BCUT2D eigenvalue weighted by atomic mass is 15.1. The van der Waals surface area contributed by atoms with Gasteiger partial charge in [0.1, 0.15) is 0 Å². The first-order valence-corrected chi connectivity index (χ1v) is 8.34. The molecular weight excluding hydrogens is 258 g/mol. The van der Waals surface area contributed by atoms with Crippen LogP contribution in [0.15, 0.2) is 24.5 Å². The van der Waals surface area contributed by atoms with E-state index in [1.54, 1.807) is 0 Å². The van der Waals surface area contributed by atoms with E-state index in [1.807, 2.05) is 12.4 Å². The molecule has 3 heteroatoms. The van der Waals surface area contributed by atoms with E-state index in [9.17, 15) is 0 Å². The van der Waals surface area contributed by atoms with Crippen molar-refractivity contribution in [3.8, 4) is 0 Å². The maximum absolute atomic E-state index is 4.09. The SMILES string of the molecule is CCCNC1C(CN(C)Cc2ccncc2)CCC1(C)C. The molecule has 1 aromatic rings. The third-order valence-electron chi connectivity index (χ3n) is 4.84. The standard InChI is InChI=1S/C18H31N3/c1-5-10-20-17-16(6-9-18(17,2)3)14-21(4)13-15-7-11-19-12-8-15/h7-8,11-12,16-17,20H,5-6,9-10,13-14H2,1-4H3. The zero-order valence-electron chi connectivity index (χ0n) is 14.1. The molecule has 0 aromatic carbocycles. The fourth-order valence-electron chi connectivity index (χ4n) is 3.72. The average Bonchev–Trinajstić information content (AvgIpc) is 2.72. The lowest BCUT2D eigenvalue weighted by molar-refractivity contribution is 0.200. The van der Waals surface area contributed by atoms with Gasteiger partial charge >= 0.3 is 0 Å². The molecule has 1 aliphatic carbocycles. The van der Waals surface area contributed by atoms with Crippen LogP contribution in [0.4, 0.5) is 0 Å². The molecule has 2 unspecified atom stereocenters. The number of hydrogen-bond acceptors (Lipinski definition) is 3. The number of pyridine rings is 1. The van der Waals surface area contributed by atoms with Crippen LogP contribution in [0.25, 0.3) is 0 Å². The van der Waals surface area contributed by atoms with Crippen molar-refractivity contribution in [2.24, 2.45) is 11.3 Å². The van der Waals surface area contributed by atoms with Gasteiger partial charge in [0.05, 0.1) is 0 Å². The summed E-state index contributed by atoms with van der Waals surface area (Å²) in [4.78, 5) is 6.55. The van der Waals surface area contributed by atoms with Crippen molar-refractivity contribution in [2.75, 3.05) is 20.1 Å². The summed E-state index contributed by atoms with van der Waals surface area (Å²) in [5.74, 6) is 0.762. The lowest BCUT2D eigenvalue weighted by Crippen LogP contribution is -2.45. The Morgan fingerprint density at radius 3 is 2.71 bits per heavy atom. The van der Waals surface area contributed by atoms with E-state index in [-0.39, 0.29) is 0 Å². The zero-order chi connectivity index (χ0) is 15.3. The topological polar surface area (TPSA) is 28.2 Å². The van der Waals surface area contributed by atoms with Gasteiger partial charge in [0.15, 0.2) is 0 Å². The molecule has 2 atom stereocenters. The summed E-state index contributed by atoms with van der Waals surface area (Å²) in [5, 5.41) is 3.80. The van der Waals surface area contributed by atoms with E-state index in [2.05, 4.69) is 55.2 Å². The molecule has 3 nitrogen and oxygen atoms in total.